The first-order chi connectivity index (χ1) is 12.6. The number of carbonyl (C=O) groups excluding carboxylic acids is 1. The molecule has 0 saturated heterocycles. The highest BCUT2D eigenvalue weighted by Crippen LogP contribution is 2.39. The SMILES string of the molecule is Cc1ccc(Cl)c(OCc2ccc(C(=O)N3N=CC[C@@]3(O)C(F)(F)F)o2)c1. The molecule has 2 aromatic rings. The Balaban J connectivity index is 1.73. The van der Waals surface area contributed by atoms with Gasteiger partial charge in [-0.25, -0.2) is 0 Å². The third kappa shape index (κ3) is 3.65. The van der Waals surface area contributed by atoms with Crippen LogP contribution >= 0.6 is 11.6 Å². The lowest BCUT2D eigenvalue weighted by Gasteiger charge is -2.31. The summed E-state index contributed by atoms with van der Waals surface area (Å²) in [6.07, 6.45) is -5.11. The molecular formula is C17H14ClF3N2O4. The molecule has 0 unspecified atom stereocenters. The van der Waals surface area contributed by atoms with Gasteiger partial charge in [-0.05, 0) is 36.8 Å². The van der Waals surface area contributed by atoms with E-state index < -0.39 is 30.0 Å². The molecular weight excluding hydrogens is 389 g/mol. The van der Waals surface area contributed by atoms with E-state index in [1.54, 1.807) is 18.2 Å². The van der Waals surface area contributed by atoms with Crippen LogP contribution in [0.4, 0.5) is 13.2 Å². The number of alkyl halides is 3. The lowest BCUT2D eigenvalue weighted by Crippen LogP contribution is -2.56. The summed E-state index contributed by atoms with van der Waals surface area (Å²) in [7, 11) is 0. The maximum atomic E-state index is 13.1. The van der Waals surface area contributed by atoms with Crippen molar-refractivity contribution in [3.05, 3.63) is 52.4 Å². The van der Waals surface area contributed by atoms with Crippen molar-refractivity contribution in [2.45, 2.75) is 31.9 Å². The lowest BCUT2D eigenvalue weighted by molar-refractivity contribution is -0.297. The molecule has 0 spiro atoms. The van der Waals surface area contributed by atoms with E-state index in [4.69, 9.17) is 20.8 Å². The van der Waals surface area contributed by atoms with E-state index in [-0.39, 0.29) is 17.4 Å². The third-order valence-electron chi connectivity index (χ3n) is 3.90. The fraction of sp³-hybridized carbons (Fsp3) is 0.294. The Morgan fingerprint density at radius 1 is 1.41 bits per heavy atom. The molecule has 0 radical (unpaired) electrons. The Bertz CT molecular complexity index is 897. The summed E-state index contributed by atoms with van der Waals surface area (Å²) in [5.41, 5.74) is -2.48. The van der Waals surface area contributed by atoms with Crippen molar-refractivity contribution in [2.75, 3.05) is 0 Å². The van der Waals surface area contributed by atoms with Crippen LogP contribution < -0.4 is 4.74 Å². The summed E-state index contributed by atoms with van der Waals surface area (Å²) >= 11 is 6.01. The van der Waals surface area contributed by atoms with Crippen molar-refractivity contribution in [1.29, 1.82) is 0 Å². The minimum absolute atomic E-state index is 0.0338. The monoisotopic (exact) mass is 402 g/mol. The first-order valence-corrected chi connectivity index (χ1v) is 8.13. The van der Waals surface area contributed by atoms with Gasteiger partial charge in [0.2, 0.25) is 0 Å². The maximum Gasteiger partial charge on any atom is 0.438 e. The number of halogens is 4. The number of carbonyl (C=O) groups is 1. The summed E-state index contributed by atoms with van der Waals surface area (Å²) in [4.78, 5) is 12.3. The molecule has 0 aliphatic carbocycles. The van der Waals surface area contributed by atoms with Crippen LogP contribution in [0.1, 0.15) is 28.3 Å². The summed E-state index contributed by atoms with van der Waals surface area (Å²) < 4.78 is 50.0. The van der Waals surface area contributed by atoms with Crippen LogP contribution in [-0.2, 0) is 6.61 Å². The molecule has 0 bridgehead atoms. The van der Waals surface area contributed by atoms with Gasteiger partial charge in [-0.1, -0.05) is 17.7 Å². The molecule has 0 fully saturated rings. The Hall–Kier alpha value is -2.52. The zero-order valence-corrected chi connectivity index (χ0v) is 14.7. The Kier molecular flexibility index (Phi) is 4.92. The summed E-state index contributed by atoms with van der Waals surface area (Å²) in [5.74, 6) is -1.04. The molecule has 1 N–H and O–H groups in total. The Labute approximate surface area is 156 Å². The average Bonchev–Trinajstić information content (AvgIpc) is 3.22. The highest BCUT2D eigenvalue weighted by Gasteiger charge is 2.61. The van der Waals surface area contributed by atoms with Gasteiger partial charge < -0.3 is 14.3 Å². The number of benzene rings is 1. The van der Waals surface area contributed by atoms with Gasteiger partial charge in [-0.2, -0.15) is 23.3 Å². The number of hydrazone groups is 1. The molecule has 3 rings (SSSR count). The lowest BCUT2D eigenvalue weighted by atomic mass is 10.1. The van der Waals surface area contributed by atoms with Crippen LogP contribution in [0.5, 0.6) is 5.75 Å². The van der Waals surface area contributed by atoms with Crippen LogP contribution in [0.25, 0.3) is 0 Å². The van der Waals surface area contributed by atoms with Crippen molar-refractivity contribution in [1.82, 2.24) is 5.01 Å². The predicted molar refractivity (Wildman–Crippen MR) is 89.5 cm³/mol. The molecule has 2 heterocycles. The van der Waals surface area contributed by atoms with Gasteiger partial charge >= 0.3 is 12.1 Å². The van der Waals surface area contributed by atoms with Gasteiger partial charge in [0, 0.05) is 12.6 Å². The fourth-order valence-electron chi connectivity index (χ4n) is 2.43. The number of ether oxygens (including phenoxy) is 1. The van der Waals surface area contributed by atoms with E-state index in [2.05, 4.69) is 5.10 Å². The number of hydrogen-bond acceptors (Lipinski definition) is 5. The van der Waals surface area contributed by atoms with Crippen molar-refractivity contribution >= 4 is 23.7 Å². The van der Waals surface area contributed by atoms with Crippen LogP contribution in [0.2, 0.25) is 5.02 Å². The second-order valence-electron chi connectivity index (χ2n) is 5.92. The molecule has 27 heavy (non-hydrogen) atoms. The first kappa shape index (κ1) is 19.2. The summed E-state index contributed by atoms with van der Waals surface area (Å²) in [6.45, 7) is 1.76. The van der Waals surface area contributed by atoms with E-state index >= 15 is 0 Å². The van der Waals surface area contributed by atoms with Crippen LogP contribution in [-0.4, -0.2) is 34.1 Å². The van der Waals surface area contributed by atoms with Crippen molar-refractivity contribution in [3.8, 4) is 5.75 Å². The molecule has 1 atom stereocenters. The zero-order valence-electron chi connectivity index (χ0n) is 14.0. The van der Waals surface area contributed by atoms with E-state index in [1.165, 1.54) is 12.1 Å². The number of amides is 1. The summed E-state index contributed by atoms with van der Waals surface area (Å²) in [5, 5.41) is 13.5. The number of furan rings is 1. The van der Waals surface area contributed by atoms with Gasteiger partial charge in [0.15, 0.2) is 5.76 Å². The van der Waals surface area contributed by atoms with Gasteiger partial charge in [-0.3, -0.25) is 4.79 Å². The quantitative estimate of drug-likeness (QED) is 0.841. The van der Waals surface area contributed by atoms with Crippen LogP contribution in [0, 0.1) is 6.92 Å². The molecule has 1 aliphatic heterocycles. The number of aryl methyl sites for hydroxylation is 1. The number of rotatable bonds is 4. The standard InChI is InChI=1S/C17H14ClF3N2O4/c1-10-2-4-12(18)14(8-10)26-9-11-3-5-13(27-11)15(24)23-16(25,6-7-22-23)17(19,20)21/h2-5,7-8,25H,6,9H2,1H3/t16-/m1/s1. The van der Waals surface area contributed by atoms with E-state index in [9.17, 15) is 23.1 Å². The smallest absolute Gasteiger partial charge is 0.438 e. The molecule has 1 amide bonds. The van der Waals surface area contributed by atoms with E-state index in [1.807, 2.05) is 6.92 Å². The Morgan fingerprint density at radius 2 is 2.15 bits per heavy atom. The average molecular weight is 403 g/mol. The van der Waals surface area contributed by atoms with Gasteiger partial charge in [0.1, 0.15) is 18.1 Å². The largest absolute Gasteiger partial charge is 0.484 e. The molecule has 6 nitrogen and oxygen atoms in total. The molecule has 1 aliphatic rings. The van der Waals surface area contributed by atoms with Gasteiger partial charge in [0.05, 0.1) is 5.02 Å². The highest BCUT2D eigenvalue weighted by molar-refractivity contribution is 6.32. The predicted octanol–water partition coefficient (Wildman–Crippen LogP) is 3.90. The van der Waals surface area contributed by atoms with Gasteiger partial charge in [-0.15, -0.1) is 0 Å². The summed E-state index contributed by atoms with van der Waals surface area (Å²) in [6, 6.07) is 7.73. The molecule has 1 aromatic carbocycles. The second kappa shape index (κ2) is 6.90. The third-order valence-corrected chi connectivity index (χ3v) is 4.21. The minimum atomic E-state index is -5.07. The van der Waals surface area contributed by atoms with Crippen molar-refractivity contribution in [3.63, 3.8) is 0 Å². The van der Waals surface area contributed by atoms with Gasteiger partial charge in [0.25, 0.3) is 5.72 Å². The maximum absolute atomic E-state index is 13.1. The minimum Gasteiger partial charge on any atom is -0.484 e. The van der Waals surface area contributed by atoms with Crippen LogP contribution in [0.3, 0.4) is 0 Å². The van der Waals surface area contributed by atoms with E-state index in [0.717, 1.165) is 11.8 Å². The number of hydrogen-bond donors (Lipinski definition) is 1. The van der Waals surface area contributed by atoms with Crippen LogP contribution in [0.15, 0.2) is 39.9 Å². The topological polar surface area (TPSA) is 75.3 Å². The van der Waals surface area contributed by atoms with Crippen molar-refractivity contribution in [2.24, 2.45) is 5.10 Å². The van der Waals surface area contributed by atoms with E-state index in [0.29, 0.717) is 10.8 Å². The fourth-order valence-corrected chi connectivity index (χ4v) is 2.60. The second-order valence-corrected chi connectivity index (χ2v) is 6.33. The first-order valence-electron chi connectivity index (χ1n) is 7.75. The Morgan fingerprint density at radius 3 is 2.85 bits per heavy atom. The van der Waals surface area contributed by atoms with Crippen molar-refractivity contribution < 1.29 is 32.2 Å². The molecule has 0 saturated carbocycles. The normalized spacial score (nSPS) is 19.6. The highest BCUT2D eigenvalue weighted by atomic mass is 35.5. The molecule has 10 heteroatoms. The molecule has 1 aromatic heterocycles. The molecule has 144 valence electrons. The number of nitrogens with zero attached hydrogens (tertiary/aromatic N) is 2. The zero-order chi connectivity index (χ0) is 19.8. The number of aliphatic hydroxyl groups is 1.